The molecule has 3 aromatic carbocycles. The van der Waals surface area contributed by atoms with Gasteiger partial charge in [-0.3, -0.25) is 18.8 Å². The van der Waals surface area contributed by atoms with E-state index in [2.05, 4.69) is 15.0 Å². The van der Waals surface area contributed by atoms with Gasteiger partial charge in [0.2, 0.25) is 0 Å². The summed E-state index contributed by atoms with van der Waals surface area (Å²) >= 11 is 0. The number of hydrogen-bond acceptors (Lipinski definition) is 7. The van der Waals surface area contributed by atoms with Crippen LogP contribution in [0, 0.1) is 6.92 Å². The van der Waals surface area contributed by atoms with Crippen molar-refractivity contribution in [1.82, 2.24) is 4.98 Å². The molecule has 0 saturated carbocycles. The van der Waals surface area contributed by atoms with Crippen LogP contribution < -0.4 is 19.1 Å². The zero-order valence-electron chi connectivity index (χ0n) is 20.7. The highest BCUT2D eigenvalue weighted by Gasteiger charge is 2.37. The molecule has 10 nitrogen and oxygen atoms in total. The molecular weight excluding hydrogens is 540 g/mol. The lowest BCUT2D eigenvalue weighted by molar-refractivity contribution is -0.122. The minimum absolute atomic E-state index is 0.0115. The average molecular weight is 565 g/mol. The Balaban J connectivity index is 1.34. The van der Waals surface area contributed by atoms with E-state index in [4.69, 9.17) is 4.74 Å². The summed E-state index contributed by atoms with van der Waals surface area (Å²) in [7, 11) is -7.85. The molecule has 1 unspecified atom stereocenters. The Bertz CT molecular complexity index is 1710. The van der Waals surface area contributed by atoms with Gasteiger partial charge < -0.3 is 10.1 Å². The van der Waals surface area contributed by atoms with E-state index in [-0.39, 0.29) is 22.1 Å². The van der Waals surface area contributed by atoms with E-state index in [9.17, 15) is 21.6 Å². The van der Waals surface area contributed by atoms with Crippen molar-refractivity contribution in [1.29, 1.82) is 0 Å². The van der Waals surface area contributed by atoms with Gasteiger partial charge in [0.1, 0.15) is 5.75 Å². The number of para-hydroxylation sites is 2. The molecule has 2 heterocycles. The van der Waals surface area contributed by atoms with E-state index in [1.807, 2.05) is 6.92 Å². The van der Waals surface area contributed by atoms with Crippen LogP contribution in [0.15, 0.2) is 107 Å². The second kappa shape index (κ2) is 10.4. The number of pyridine rings is 1. The number of aryl methyl sites for hydroxylation is 1. The summed E-state index contributed by atoms with van der Waals surface area (Å²) in [5.74, 6) is -0.333. The van der Waals surface area contributed by atoms with Crippen LogP contribution in [0.25, 0.3) is 0 Å². The summed E-state index contributed by atoms with van der Waals surface area (Å²) in [5, 5.41) is 2.68. The number of anilines is 3. The molecule has 1 aliphatic heterocycles. The number of carbonyl (C=O) groups excluding carboxylic acids is 1. The van der Waals surface area contributed by atoms with Crippen molar-refractivity contribution < 1.29 is 26.4 Å². The van der Waals surface area contributed by atoms with Crippen molar-refractivity contribution >= 4 is 43.0 Å². The van der Waals surface area contributed by atoms with Gasteiger partial charge >= 0.3 is 0 Å². The first-order chi connectivity index (χ1) is 18.6. The Morgan fingerprint density at radius 3 is 2.26 bits per heavy atom. The number of rotatable bonds is 7. The van der Waals surface area contributed by atoms with Crippen LogP contribution in [0.1, 0.15) is 5.56 Å². The second-order valence-corrected chi connectivity index (χ2v) is 12.3. The number of hydrogen-bond donors (Lipinski definition) is 2. The van der Waals surface area contributed by atoms with Gasteiger partial charge in [0.05, 0.1) is 33.9 Å². The molecule has 0 aliphatic carbocycles. The molecular formula is C27H24N4O6S2. The van der Waals surface area contributed by atoms with Crippen molar-refractivity contribution in [3.05, 3.63) is 103 Å². The Hall–Kier alpha value is -4.42. The van der Waals surface area contributed by atoms with E-state index in [0.29, 0.717) is 17.1 Å². The Morgan fingerprint density at radius 1 is 0.872 bits per heavy atom. The molecule has 5 rings (SSSR count). The molecule has 1 aliphatic rings. The first kappa shape index (κ1) is 26.2. The topological polar surface area (TPSA) is 135 Å². The third kappa shape index (κ3) is 5.56. The fourth-order valence-corrected chi connectivity index (χ4v) is 6.50. The third-order valence-corrected chi connectivity index (χ3v) is 9.17. The summed E-state index contributed by atoms with van der Waals surface area (Å²) in [6.45, 7) is 1.61. The van der Waals surface area contributed by atoms with Crippen molar-refractivity contribution in [2.45, 2.75) is 22.8 Å². The van der Waals surface area contributed by atoms with Crippen LogP contribution in [-0.4, -0.2) is 40.4 Å². The maximum atomic E-state index is 13.5. The van der Waals surface area contributed by atoms with Crippen LogP contribution in [-0.2, 0) is 24.8 Å². The van der Waals surface area contributed by atoms with E-state index >= 15 is 0 Å². The summed E-state index contributed by atoms with van der Waals surface area (Å²) < 4.78 is 61.8. The van der Waals surface area contributed by atoms with E-state index in [0.717, 1.165) is 5.56 Å². The maximum Gasteiger partial charge on any atom is 0.267 e. The van der Waals surface area contributed by atoms with Crippen LogP contribution in [0.2, 0.25) is 0 Å². The summed E-state index contributed by atoms with van der Waals surface area (Å²) in [4.78, 5) is 17.1. The molecule has 1 aromatic heterocycles. The van der Waals surface area contributed by atoms with Crippen molar-refractivity contribution in [3.8, 4) is 5.75 Å². The fourth-order valence-electron chi connectivity index (χ4n) is 3.98. The number of aromatic nitrogens is 1. The van der Waals surface area contributed by atoms with Crippen LogP contribution in [0.5, 0.6) is 5.75 Å². The average Bonchev–Trinajstić information content (AvgIpc) is 2.93. The first-order valence-electron chi connectivity index (χ1n) is 11.8. The number of carbonyl (C=O) groups is 1. The number of nitrogens with one attached hydrogen (secondary N) is 2. The Labute approximate surface area is 226 Å². The molecule has 0 spiro atoms. The summed E-state index contributed by atoms with van der Waals surface area (Å²) in [5.41, 5.74) is 1.88. The predicted octanol–water partition coefficient (Wildman–Crippen LogP) is 3.79. The Kier molecular flexibility index (Phi) is 6.98. The fraction of sp³-hybridized carbons (Fsp3) is 0.111. The molecule has 1 amide bonds. The summed E-state index contributed by atoms with van der Waals surface area (Å²) in [6.07, 6.45) is 1.76. The molecule has 0 radical (unpaired) electrons. The van der Waals surface area contributed by atoms with Gasteiger partial charge in [0, 0.05) is 11.9 Å². The first-order valence-corrected chi connectivity index (χ1v) is 14.7. The van der Waals surface area contributed by atoms with Gasteiger partial charge in [0.15, 0.2) is 6.10 Å². The monoisotopic (exact) mass is 564 g/mol. The number of sulfonamides is 2. The quantitative estimate of drug-likeness (QED) is 0.349. The molecule has 4 aromatic rings. The van der Waals surface area contributed by atoms with Crippen molar-refractivity contribution in [2.75, 3.05) is 20.9 Å². The lowest BCUT2D eigenvalue weighted by Gasteiger charge is -2.34. The van der Waals surface area contributed by atoms with Crippen molar-refractivity contribution in [2.24, 2.45) is 0 Å². The standard InChI is InChI=1S/C27H24N4O6S2/c1-19-8-12-23(13-9-19)39(35,36)31-18-26(37-25-7-3-2-6-24(25)31)27(32)29-20-10-14-22(15-11-20)38(33,34)30-21-5-4-16-28-17-21/h2-17,26,30H,18H2,1H3,(H,29,32). The van der Waals surface area contributed by atoms with Crippen LogP contribution in [0.3, 0.4) is 0 Å². The normalized spacial score (nSPS) is 15.1. The number of fused-ring (bicyclic) bond motifs is 1. The van der Waals surface area contributed by atoms with Crippen molar-refractivity contribution in [3.63, 3.8) is 0 Å². The van der Waals surface area contributed by atoms with Gasteiger partial charge in [-0.2, -0.15) is 0 Å². The number of amides is 1. The van der Waals surface area contributed by atoms with Gasteiger partial charge in [-0.25, -0.2) is 16.8 Å². The van der Waals surface area contributed by atoms with E-state index in [1.165, 1.54) is 53.1 Å². The van der Waals surface area contributed by atoms with Crippen LogP contribution >= 0.6 is 0 Å². The zero-order chi connectivity index (χ0) is 27.6. The van der Waals surface area contributed by atoms with E-state index in [1.54, 1.807) is 48.5 Å². The highest BCUT2D eigenvalue weighted by Crippen LogP contribution is 2.37. The predicted molar refractivity (Wildman–Crippen MR) is 147 cm³/mol. The van der Waals surface area contributed by atoms with Gasteiger partial charge in [-0.05, 0) is 67.6 Å². The number of ether oxygens (including phenoxy) is 1. The molecule has 1 atom stereocenters. The largest absolute Gasteiger partial charge is 0.476 e. The minimum atomic E-state index is -3.98. The molecule has 12 heteroatoms. The molecule has 0 fully saturated rings. The summed E-state index contributed by atoms with van der Waals surface area (Å²) in [6, 6.07) is 21.8. The maximum absolute atomic E-state index is 13.5. The lowest BCUT2D eigenvalue weighted by atomic mass is 10.2. The molecule has 39 heavy (non-hydrogen) atoms. The minimum Gasteiger partial charge on any atom is -0.476 e. The van der Waals surface area contributed by atoms with E-state index < -0.39 is 32.1 Å². The molecule has 0 saturated heterocycles. The second-order valence-electron chi connectivity index (χ2n) is 8.78. The molecule has 2 N–H and O–H groups in total. The van der Waals surface area contributed by atoms with Crippen LogP contribution in [0.4, 0.5) is 17.1 Å². The lowest BCUT2D eigenvalue weighted by Crippen LogP contribution is -2.48. The number of nitrogens with zero attached hydrogens (tertiary/aromatic N) is 2. The van der Waals surface area contributed by atoms with Gasteiger partial charge in [-0.15, -0.1) is 0 Å². The number of benzene rings is 3. The smallest absolute Gasteiger partial charge is 0.267 e. The van der Waals surface area contributed by atoms with Gasteiger partial charge in [0.25, 0.3) is 26.0 Å². The highest BCUT2D eigenvalue weighted by atomic mass is 32.2. The van der Waals surface area contributed by atoms with Gasteiger partial charge in [-0.1, -0.05) is 29.8 Å². The SMILES string of the molecule is Cc1ccc(S(=O)(=O)N2CC(C(=O)Nc3ccc(S(=O)(=O)Nc4cccnc4)cc3)Oc3ccccc32)cc1. The third-order valence-electron chi connectivity index (χ3n) is 5.98. The molecule has 200 valence electrons. The Morgan fingerprint density at radius 2 is 1.56 bits per heavy atom. The highest BCUT2D eigenvalue weighted by molar-refractivity contribution is 7.93. The zero-order valence-corrected chi connectivity index (χ0v) is 22.3. The molecule has 0 bridgehead atoms.